The van der Waals surface area contributed by atoms with Crippen molar-refractivity contribution in [1.29, 1.82) is 0 Å². The maximum Gasteiger partial charge on any atom is 0.131 e. The molecule has 104 valence electrons. The van der Waals surface area contributed by atoms with E-state index < -0.39 is 0 Å². The van der Waals surface area contributed by atoms with Gasteiger partial charge in [-0.05, 0) is 24.3 Å². The summed E-state index contributed by atoms with van der Waals surface area (Å²) in [6.07, 6.45) is 1.85. The Bertz CT molecular complexity index is 549. The van der Waals surface area contributed by atoms with Crippen molar-refractivity contribution >= 4 is 17.5 Å². The highest BCUT2D eigenvalue weighted by Crippen LogP contribution is 2.18. The van der Waals surface area contributed by atoms with E-state index in [1.807, 2.05) is 37.5 Å². The van der Waals surface area contributed by atoms with Crippen molar-refractivity contribution < 1.29 is 0 Å². The van der Waals surface area contributed by atoms with Crippen LogP contribution in [-0.2, 0) is 0 Å². The number of nitrogens with zero attached hydrogens (tertiary/aromatic N) is 4. The molecule has 1 saturated heterocycles. The number of hydrogen-bond donors (Lipinski definition) is 1. The number of aromatic nitrogens is 2. The molecule has 1 aliphatic heterocycles. The van der Waals surface area contributed by atoms with Gasteiger partial charge in [0.05, 0.1) is 0 Å². The minimum atomic E-state index is 0.912. The lowest BCUT2D eigenvalue weighted by Crippen LogP contribution is -2.47. The average molecular weight is 269 g/mol. The SMILES string of the molecule is CNc1cccc(N2CCN(c3ccccn3)CC2)n1. The molecule has 0 bridgehead atoms. The lowest BCUT2D eigenvalue weighted by molar-refractivity contribution is 0.642. The summed E-state index contributed by atoms with van der Waals surface area (Å²) in [5.41, 5.74) is 0. The molecule has 0 spiro atoms. The zero-order valence-electron chi connectivity index (χ0n) is 11.7. The minimum absolute atomic E-state index is 0.912. The second kappa shape index (κ2) is 5.77. The van der Waals surface area contributed by atoms with Gasteiger partial charge in [0, 0.05) is 39.4 Å². The Labute approximate surface area is 119 Å². The summed E-state index contributed by atoms with van der Waals surface area (Å²) in [7, 11) is 1.89. The second-order valence-electron chi connectivity index (χ2n) is 4.79. The molecule has 3 heterocycles. The quantitative estimate of drug-likeness (QED) is 0.921. The molecule has 2 aromatic heterocycles. The van der Waals surface area contributed by atoms with Crippen LogP contribution in [0.4, 0.5) is 17.5 Å². The predicted molar refractivity (Wildman–Crippen MR) is 82.4 cm³/mol. The third kappa shape index (κ3) is 2.66. The van der Waals surface area contributed by atoms with Crippen LogP contribution in [0, 0.1) is 0 Å². The van der Waals surface area contributed by atoms with E-state index >= 15 is 0 Å². The zero-order chi connectivity index (χ0) is 13.8. The van der Waals surface area contributed by atoms with E-state index in [-0.39, 0.29) is 0 Å². The second-order valence-corrected chi connectivity index (χ2v) is 4.79. The van der Waals surface area contributed by atoms with Gasteiger partial charge in [-0.25, -0.2) is 9.97 Å². The smallest absolute Gasteiger partial charge is 0.131 e. The summed E-state index contributed by atoms with van der Waals surface area (Å²) in [4.78, 5) is 13.6. The fourth-order valence-corrected chi connectivity index (χ4v) is 2.44. The van der Waals surface area contributed by atoms with E-state index in [1.54, 1.807) is 0 Å². The van der Waals surface area contributed by atoms with Crippen LogP contribution in [-0.4, -0.2) is 43.2 Å². The van der Waals surface area contributed by atoms with Crippen LogP contribution in [0.1, 0.15) is 0 Å². The van der Waals surface area contributed by atoms with Crippen LogP contribution in [0.15, 0.2) is 42.6 Å². The van der Waals surface area contributed by atoms with Crippen molar-refractivity contribution in [3.8, 4) is 0 Å². The Morgan fingerprint density at radius 3 is 2.25 bits per heavy atom. The van der Waals surface area contributed by atoms with Gasteiger partial charge in [0.15, 0.2) is 0 Å². The van der Waals surface area contributed by atoms with E-state index in [0.29, 0.717) is 0 Å². The lowest BCUT2D eigenvalue weighted by atomic mass is 10.3. The van der Waals surface area contributed by atoms with Crippen molar-refractivity contribution in [2.24, 2.45) is 0 Å². The van der Waals surface area contributed by atoms with Crippen molar-refractivity contribution in [2.75, 3.05) is 48.3 Å². The van der Waals surface area contributed by atoms with E-state index in [4.69, 9.17) is 0 Å². The highest BCUT2D eigenvalue weighted by molar-refractivity contribution is 5.49. The van der Waals surface area contributed by atoms with E-state index in [9.17, 15) is 0 Å². The third-order valence-electron chi connectivity index (χ3n) is 3.57. The molecule has 5 nitrogen and oxygen atoms in total. The Hall–Kier alpha value is -2.30. The highest BCUT2D eigenvalue weighted by Gasteiger charge is 2.18. The highest BCUT2D eigenvalue weighted by atomic mass is 15.3. The standard InChI is InChI=1S/C15H19N5/c1-16-13-5-4-7-15(18-13)20-11-9-19(10-12-20)14-6-2-3-8-17-14/h2-8H,9-12H2,1H3,(H,16,18). The van der Waals surface area contributed by atoms with Crippen molar-refractivity contribution in [3.05, 3.63) is 42.6 Å². The normalized spacial score (nSPS) is 15.2. The molecule has 0 unspecified atom stereocenters. The van der Waals surface area contributed by atoms with Gasteiger partial charge in [-0.15, -0.1) is 0 Å². The van der Waals surface area contributed by atoms with Gasteiger partial charge in [0.25, 0.3) is 0 Å². The van der Waals surface area contributed by atoms with E-state index in [2.05, 4.69) is 37.2 Å². The molecule has 0 aromatic carbocycles. The molecular formula is C15H19N5. The van der Waals surface area contributed by atoms with Gasteiger partial charge >= 0.3 is 0 Å². The molecule has 0 radical (unpaired) electrons. The van der Waals surface area contributed by atoms with Gasteiger partial charge in [0.2, 0.25) is 0 Å². The fourth-order valence-electron chi connectivity index (χ4n) is 2.44. The molecule has 20 heavy (non-hydrogen) atoms. The molecule has 0 atom stereocenters. The Morgan fingerprint density at radius 1 is 0.900 bits per heavy atom. The monoisotopic (exact) mass is 269 g/mol. The molecule has 2 aromatic rings. The summed E-state index contributed by atoms with van der Waals surface area (Å²) in [6, 6.07) is 12.1. The summed E-state index contributed by atoms with van der Waals surface area (Å²) < 4.78 is 0. The Balaban J connectivity index is 1.66. The van der Waals surface area contributed by atoms with Crippen LogP contribution in [0.25, 0.3) is 0 Å². The average Bonchev–Trinajstić information content (AvgIpc) is 2.56. The first-order valence-corrected chi connectivity index (χ1v) is 6.92. The molecule has 1 fully saturated rings. The Morgan fingerprint density at radius 2 is 1.60 bits per heavy atom. The number of piperazine rings is 1. The first-order valence-electron chi connectivity index (χ1n) is 6.92. The number of pyridine rings is 2. The van der Waals surface area contributed by atoms with Gasteiger partial charge < -0.3 is 15.1 Å². The van der Waals surface area contributed by atoms with Crippen molar-refractivity contribution in [1.82, 2.24) is 9.97 Å². The van der Waals surface area contributed by atoms with Crippen LogP contribution < -0.4 is 15.1 Å². The topological polar surface area (TPSA) is 44.3 Å². The summed E-state index contributed by atoms with van der Waals surface area (Å²) in [5, 5.41) is 3.08. The van der Waals surface area contributed by atoms with Gasteiger partial charge in [-0.3, -0.25) is 0 Å². The molecule has 1 N–H and O–H groups in total. The van der Waals surface area contributed by atoms with Crippen LogP contribution >= 0.6 is 0 Å². The fraction of sp³-hybridized carbons (Fsp3) is 0.333. The van der Waals surface area contributed by atoms with Crippen molar-refractivity contribution in [3.63, 3.8) is 0 Å². The first kappa shape index (κ1) is 12.7. The number of nitrogens with one attached hydrogen (secondary N) is 1. The molecule has 0 amide bonds. The summed E-state index contributed by atoms with van der Waals surface area (Å²) in [5.74, 6) is 3.01. The molecule has 3 rings (SSSR count). The molecule has 0 aliphatic carbocycles. The molecule has 0 saturated carbocycles. The maximum atomic E-state index is 4.59. The number of anilines is 3. The molecule has 5 heteroatoms. The summed E-state index contributed by atoms with van der Waals surface area (Å²) >= 11 is 0. The van der Waals surface area contributed by atoms with Gasteiger partial charge in [-0.1, -0.05) is 12.1 Å². The maximum absolute atomic E-state index is 4.59. The third-order valence-corrected chi connectivity index (χ3v) is 3.57. The predicted octanol–water partition coefficient (Wildman–Crippen LogP) is 1.84. The van der Waals surface area contributed by atoms with Crippen LogP contribution in [0.5, 0.6) is 0 Å². The van der Waals surface area contributed by atoms with Gasteiger partial charge in [-0.2, -0.15) is 0 Å². The van der Waals surface area contributed by atoms with E-state index in [1.165, 1.54) is 0 Å². The van der Waals surface area contributed by atoms with Crippen molar-refractivity contribution in [2.45, 2.75) is 0 Å². The van der Waals surface area contributed by atoms with Crippen LogP contribution in [0.2, 0.25) is 0 Å². The van der Waals surface area contributed by atoms with E-state index in [0.717, 1.165) is 43.6 Å². The molecule has 1 aliphatic rings. The number of hydrogen-bond acceptors (Lipinski definition) is 5. The minimum Gasteiger partial charge on any atom is -0.373 e. The Kier molecular flexibility index (Phi) is 3.67. The summed E-state index contributed by atoms with van der Waals surface area (Å²) in [6.45, 7) is 3.89. The van der Waals surface area contributed by atoms with Crippen LogP contribution in [0.3, 0.4) is 0 Å². The largest absolute Gasteiger partial charge is 0.373 e. The zero-order valence-corrected chi connectivity index (χ0v) is 11.7. The number of rotatable bonds is 3. The lowest BCUT2D eigenvalue weighted by Gasteiger charge is -2.36. The van der Waals surface area contributed by atoms with Gasteiger partial charge in [0.1, 0.15) is 17.5 Å². The first-order chi connectivity index (χ1) is 9.86. The molecular weight excluding hydrogens is 250 g/mol.